The average molecular weight is 255 g/mol. The van der Waals surface area contributed by atoms with Crippen LogP contribution >= 0.6 is 0 Å². The maximum Gasteiger partial charge on any atom is 0.326 e. The summed E-state index contributed by atoms with van der Waals surface area (Å²) >= 11 is 0. The summed E-state index contributed by atoms with van der Waals surface area (Å²) in [5.74, 6) is 0.327. The van der Waals surface area contributed by atoms with E-state index in [-0.39, 0.29) is 5.97 Å². The second-order valence-corrected chi connectivity index (χ2v) is 5.73. The lowest BCUT2D eigenvalue weighted by Gasteiger charge is -2.41. The summed E-state index contributed by atoms with van der Waals surface area (Å²) in [6.07, 6.45) is 1.97. The first-order valence-corrected chi connectivity index (χ1v) is 6.79. The largest absolute Gasteiger partial charge is 0.468 e. The van der Waals surface area contributed by atoms with E-state index in [1.54, 1.807) is 0 Å². The summed E-state index contributed by atoms with van der Waals surface area (Å²) < 4.78 is 5.07. The van der Waals surface area contributed by atoms with Crippen molar-refractivity contribution in [3.63, 3.8) is 0 Å². The first-order valence-electron chi connectivity index (χ1n) is 6.79. The van der Waals surface area contributed by atoms with Gasteiger partial charge in [-0.05, 0) is 33.5 Å². The molecule has 0 spiro atoms. The summed E-state index contributed by atoms with van der Waals surface area (Å²) in [4.78, 5) is 16.8. The van der Waals surface area contributed by atoms with Gasteiger partial charge >= 0.3 is 5.97 Å². The Morgan fingerprint density at radius 2 is 2.28 bits per heavy atom. The maximum absolute atomic E-state index is 12.2. The van der Waals surface area contributed by atoms with Gasteiger partial charge in [-0.1, -0.05) is 0 Å². The summed E-state index contributed by atoms with van der Waals surface area (Å²) in [5.41, 5.74) is -0.447. The number of carbonyl (C=O) groups excluding carboxylic acids is 1. The number of ether oxygens (including phenoxy) is 1. The van der Waals surface area contributed by atoms with E-state index in [4.69, 9.17) is 4.74 Å². The minimum atomic E-state index is -0.447. The SMILES string of the molecule is COC(=O)C1(NCCN(C)C)CCN2CCC1C2. The number of hydrogen-bond acceptors (Lipinski definition) is 5. The van der Waals surface area contributed by atoms with Crippen LogP contribution in [0.2, 0.25) is 0 Å². The van der Waals surface area contributed by atoms with Crippen LogP contribution < -0.4 is 5.32 Å². The van der Waals surface area contributed by atoms with Crippen molar-refractivity contribution < 1.29 is 9.53 Å². The molecule has 0 aromatic heterocycles. The number of likely N-dealkylation sites (N-methyl/N-ethyl adjacent to an activating group) is 1. The lowest BCUT2D eigenvalue weighted by atomic mass is 9.78. The molecule has 2 heterocycles. The fraction of sp³-hybridized carbons (Fsp3) is 0.923. The average Bonchev–Trinajstić information content (AvgIpc) is 2.75. The molecule has 0 radical (unpaired) electrons. The highest BCUT2D eigenvalue weighted by Crippen LogP contribution is 2.36. The Balaban J connectivity index is 2.05. The first kappa shape index (κ1) is 13.8. The molecule has 1 N–H and O–H groups in total. The van der Waals surface area contributed by atoms with E-state index in [1.807, 2.05) is 14.1 Å². The van der Waals surface area contributed by atoms with Crippen molar-refractivity contribution in [1.82, 2.24) is 15.1 Å². The van der Waals surface area contributed by atoms with Crippen molar-refractivity contribution in [2.24, 2.45) is 5.92 Å². The van der Waals surface area contributed by atoms with Gasteiger partial charge in [-0.25, -0.2) is 0 Å². The molecule has 5 nitrogen and oxygen atoms in total. The molecule has 2 saturated heterocycles. The fourth-order valence-electron chi connectivity index (χ4n) is 3.23. The summed E-state index contributed by atoms with van der Waals surface area (Å²) in [7, 11) is 5.59. The van der Waals surface area contributed by atoms with Gasteiger partial charge in [-0.15, -0.1) is 0 Å². The zero-order chi connectivity index (χ0) is 13.2. The standard InChI is InChI=1S/C13H25N3O2/c1-15(2)9-6-14-13(12(17)18-3)5-8-16-7-4-11(13)10-16/h11,14H,4-10H2,1-3H3. The summed E-state index contributed by atoms with van der Waals surface area (Å²) in [5, 5.41) is 3.50. The molecule has 2 aliphatic heterocycles. The van der Waals surface area contributed by atoms with Crippen LogP contribution in [0.15, 0.2) is 0 Å². The van der Waals surface area contributed by atoms with Crippen LogP contribution in [0, 0.1) is 5.92 Å². The maximum atomic E-state index is 12.2. The molecule has 18 heavy (non-hydrogen) atoms. The number of carbonyl (C=O) groups is 1. The summed E-state index contributed by atoms with van der Waals surface area (Å²) in [6, 6.07) is 0. The molecule has 2 fully saturated rings. The molecular formula is C13H25N3O2. The number of nitrogens with one attached hydrogen (secondary N) is 1. The van der Waals surface area contributed by atoms with E-state index in [0.717, 1.165) is 45.6 Å². The molecule has 5 heteroatoms. The van der Waals surface area contributed by atoms with Gasteiger partial charge in [0, 0.05) is 32.1 Å². The second kappa shape index (κ2) is 5.55. The van der Waals surface area contributed by atoms with Crippen molar-refractivity contribution in [3.05, 3.63) is 0 Å². The van der Waals surface area contributed by atoms with Gasteiger partial charge < -0.3 is 19.9 Å². The highest BCUT2D eigenvalue weighted by atomic mass is 16.5. The monoisotopic (exact) mass is 255 g/mol. The first-order chi connectivity index (χ1) is 8.58. The molecule has 0 aromatic rings. The predicted molar refractivity (Wildman–Crippen MR) is 70.5 cm³/mol. The molecule has 104 valence electrons. The third-order valence-electron chi connectivity index (χ3n) is 4.34. The zero-order valence-electron chi connectivity index (χ0n) is 11.7. The van der Waals surface area contributed by atoms with Crippen LogP contribution in [0.25, 0.3) is 0 Å². The Hall–Kier alpha value is -0.650. The van der Waals surface area contributed by atoms with Crippen LogP contribution in [-0.4, -0.2) is 75.2 Å². The Labute approximate surface area is 109 Å². The van der Waals surface area contributed by atoms with E-state index in [2.05, 4.69) is 15.1 Å². The third-order valence-corrected chi connectivity index (χ3v) is 4.34. The minimum absolute atomic E-state index is 0.0761. The number of methoxy groups -OCH3 is 1. The topological polar surface area (TPSA) is 44.8 Å². The van der Waals surface area contributed by atoms with Crippen LogP contribution in [0.1, 0.15) is 12.8 Å². The van der Waals surface area contributed by atoms with E-state index < -0.39 is 5.54 Å². The molecular weight excluding hydrogens is 230 g/mol. The number of hydrogen-bond donors (Lipinski definition) is 1. The lowest BCUT2D eigenvalue weighted by Crippen LogP contribution is -2.62. The van der Waals surface area contributed by atoms with E-state index in [0.29, 0.717) is 5.92 Å². The molecule has 2 rings (SSSR count). The van der Waals surface area contributed by atoms with Crippen LogP contribution in [0.3, 0.4) is 0 Å². The van der Waals surface area contributed by atoms with Gasteiger partial charge in [0.1, 0.15) is 5.54 Å². The Morgan fingerprint density at radius 3 is 2.94 bits per heavy atom. The van der Waals surface area contributed by atoms with E-state index >= 15 is 0 Å². The Bertz CT molecular complexity index is 309. The fourth-order valence-corrected chi connectivity index (χ4v) is 3.23. The van der Waals surface area contributed by atoms with Gasteiger partial charge in [-0.3, -0.25) is 4.79 Å². The highest BCUT2D eigenvalue weighted by molar-refractivity contribution is 5.81. The molecule has 3 unspecified atom stereocenters. The predicted octanol–water partition coefficient (Wildman–Crippen LogP) is -0.225. The lowest BCUT2D eigenvalue weighted by molar-refractivity contribution is -0.152. The van der Waals surface area contributed by atoms with E-state index in [9.17, 15) is 4.79 Å². The van der Waals surface area contributed by atoms with Gasteiger partial charge in [0.25, 0.3) is 0 Å². The van der Waals surface area contributed by atoms with Crippen molar-refractivity contribution in [1.29, 1.82) is 0 Å². The number of rotatable bonds is 5. The third kappa shape index (κ3) is 2.53. The summed E-state index contributed by atoms with van der Waals surface area (Å²) in [6.45, 7) is 4.93. The number of nitrogens with zero attached hydrogens (tertiary/aromatic N) is 2. The smallest absolute Gasteiger partial charge is 0.326 e. The van der Waals surface area contributed by atoms with Crippen LogP contribution in [-0.2, 0) is 9.53 Å². The van der Waals surface area contributed by atoms with Crippen LogP contribution in [0.5, 0.6) is 0 Å². The molecule has 0 saturated carbocycles. The molecule has 0 amide bonds. The number of piperidine rings is 1. The molecule has 0 aromatic carbocycles. The van der Waals surface area contributed by atoms with Crippen molar-refractivity contribution in [3.8, 4) is 0 Å². The van der Waals surface area contributed by atoms with Gasteiger partial charge in [-0.2, -0.15) is 0 Å². The van der Waals surface area contributed by atoms with E-state index in [1.165, 1.54) is 7.11 Å². The molecule has 2 aliphatic rings. The normalized spacial score (nSPS) is 34.9. The Morgan fingerprint density at radius 1 is 1.50 bits per heavy atom. The number of esters is 1. The van der Waals surface area contributed by atoms with Crippen molar-refractivity contribution in [2.75, 3.05) is 53.9 Å². The van der Waals surface area contributed by atoms with Gasteiger partial charge in [0.2, 0.25) is 0 Å². The van der Waals surface area contributed by atoms with Gasteiger partial charge in [0.15, 0.2) is 0 Å². The van der Waals surface area contributed by atoms with Crippen molar-refractivity contribution in [2.45, 2.75) is 18.4 Å². The number of fused-ring (bicyclic) bond motifs is 2. The zero-order valence-corrected chi connectivity index (χ0v) is 11.7. The van der Waals surface area contributed by atoms with Crippen molar-refractivity contribution >= 4 is 5.97 Å². The Kier molecular flexibility index (Phi) is 4.25. The minimum Gasteiger partial charge on any atom is -0.468 e. The molecule has 2 bridgehead atoms. The van der Waals surface area contributed by atoms with Gasteiger partial charge in [0.05, 0.1) is 7.11 Å². The quantitative estimate of drug-likeness (QED) is 0.688. The second-order valence-electron chi connectivity index (χ2n) is 5.73. The molecule has 3 atom stereocenters. The highest BCUT2D eigenvalue weighted by Gasteiger charge is 2.51. The molecule has 0 aliphatic carbocycles. The van der Waals surface area contributed by atoms with Crippen LogP contribution in [0.4, 0.5) is 0 Å².